The van der Waals surface area contributed by atoms with E-state index >= 15 is 0 Å². The quantitative estimate of drug-likeness (QED) is 0.898. The second-order valence-corrected chi connectivity index (χ2v) is 5.41. The first-order chi connectivity index (χ1) is 9.84. The summed E-state index contributed by atoms with van der Waals surface area (Å²) in [5.74, 6) is 1.22. The topological polar surface area (TPSA) is 37.0 Å². The van der Waals surface area contributed by atoms with Gasteiger partial charge in [0.05, 0.1) is 5.39 Å². The molecule has 20 heavy (non-hydrogen) atoms. The Morgan fingerprint density at radius 1 is 1.25 bits per heavy atom. The van der Waals surface area contributed by atoms with Crippen molar-refractivity contribution in [3.63, 3.8) is 0 Å². The maximum absolute atomic E-state index is 13.9. The van der Waals surface area contributed by atoms with Crippen LogP contribution in [0.5, 0.6) is 0 Å². The number of hydrogen-bond acceptors (Lipinski definition) is 3. The van der Waals surface area contributed by atoms with E-state index in [-0.39, 0.29) is 5.82 Å². The first-order valence-electron chi connectivity index (χ1n) is 7.32. The summed E-state index contributed by atoms with van der Waals surface area (Å²) in [7, 11) is 0. The molecular formula is C16H20FN3. The zero-order chi connectivity index (χ0) is 13.8. The van der Waals surface area contributed by atoms with Crippen molar-refractivity contribution in [2.45, 2.75) is 19.3 Å². The molecule has 106 valence electrons. The van der Waals surface area contributed by atoms with E-state index in [9.17, 15) is 4.39 Å². The lowest BCUT2D eigenvalue weighted by Gasteiger charge is -2.22. The van der Waals surface area contributed by atoms with Gasteiger partial charge in [-0.3, -0.25) is 0 Å². The molecular weight excluding hydrogens is 253 g/mol. The van der Waals surface area contributed by atoms with Crippen LogP contribution < -0.4 is 10.6 Å². The van der Waals surface area contributed by atoms with Crippen molar-refractivity contribution in [1.29, 1.82) is 0 Å². The summed E-state index contributed by atoms with van der Waals surface area (Å²) < 4.78 is 13.9. The van der Waals surface area contributed by atoms with Crippen molar-refractivity contribution in [3.05, 3.63) is 36.3 Å². The number of anilines is 1. The third-order valence-corrected chi connectivity index (χ3v) is 4.04. The summed E-state index contributed by atoms with van der Waals surface area (Å²) >= 11 is 0. The van der Waals surface area contributed by atoms with Crippen LogP contribution in [0.3, 0.4) is 0 Å². The molecule has 0 spiro atoms. The van der Waals surface area contributed by atoms with Crippen LogP contribution in [0.2, 0.25) is 0 Å². The van der Waals surface area contributed by atoms with E-state index in [4.69, 9.17) is 0 Å². The van der Waals surface area contributed by atoms with E-state index < -0.39 is 0 Å². The molecule has 2 heterocycles. The number of halogens is 1. The van der Waals surface area contributed by atoms with Crippen LogP contribution in [0, 0.1) is 11.7 Å². The third kappa shape index (κ3) is 2.90. The van der Waals surface area contributed by atoms with Gasteiger partial charge in [-0.25, -0.2) is 9.37 Å². The molecule has 1 fully saturated rings. The highest BCUT2D eigenvalue weighted by Gasteiger charge is 2.13. The Hall–Kier alpha value is -1.68. The van der Waals surface area contributed by atoms with Crippen LogP contribution >= 0.6 is 0 Å². The van der Waals surface area contributed by atoms with Gasteiger partial charge in [-0.2, -0.15) is 0 Å². The normalized spacial score (nSPS) is 16.4. The van der Waals surface area contributed by atoms with Gasteiger partial charge in [0.25, 0.3) is 0 Å². The lowest BCUT2D eigenvalue weighted by Crippen LogP contribution is -2.28. The molecule has 1 aliphatic heterocycles. The third-order valence-electron chi connectivity index (χ3n) is 4.04. The number of pyridine rings is 1. The van der Waals surface area contributed by atoms with Gasteiger partial charge < -0.3 is 10.6 Å². The minimum absolute atomic E-state index is 0.208. The molecule has 0 bridgehead atoms. The molecule has 3 rings (SSSR count). The average Bonchev–Trinajstić information content (AvgIpc) is 2.49. The van der Waals surface area contributed by atoms with Crippen LogP contribution in [-0.4, -0.2) is 24.6 Å². The zero-order valence-electron chi connectivity index (χ0n) is 11.5. The average molecular weight is 273 g/mol. The predicted molar refractivity (Wildman–Crippen MR) is 80.4 cm³/mol. The van der Waals surface area contributed by atoms with E-state index in [0.29, 0.717) is 11.2 Å². The van der Waals surface area contributed by atoms with Crippen molar-refractivity contribution in [2.75, 3.05) is 25.0 Å². The molecule has 0 radical (unpaired) electrons. The molecule has 0 atom stereocenters. The Balaban J connectivity index is 1.68. The lowest BCUT2D eigenvalue weighted by atomic mass is 9.95. The molecule has 3 nitrogen and oxygen atoms in total. The first kappa shape index (κ1) is 13.3. The highest BCUT2D eigenvalue weighted by molar-refractivity contribution is 5.92. The second-order valence-electron chi connectivity index (χ2n) is 5.41. The highest BCUT2D eigenvalue weighted by atomic mass is 19.1. The SMILES string of the molecule is Fc1cccc2ccnc(NCCC3CCNCC3)c12. The van der Waals surface area contributed by atoms with Crippen LogP contribution in [0.15, 0.2) is 30.5 Å². The van der Waals surface area contributed by atoms with Gasteiger partial charge in [-0.1, -0.05) is 12.1 Å². The summed E-state index contributed by atoms with van der Waals surface area (Å²) in [5, 5.41) is 8.17. The second kappa shape index (κ2) is 6.18. The van der Waals surface area contributed by atoms with Crippen LogP contribution in [0.25, 0.3) is 10.8 Å². The van der Waals surface area contributed by atoms with Crippen molar-refractivity contribution in [1.82, 2.24) is 10.3 Å². The molecule has 0 aliphatic carbocycles. The summed E-state index contributed by atoms with van der Waals surface area (Å²) in [6, 6.07) is 6.98. The van der Waals surface area contributed by atoms with Gasteiger partial charge in [0.2, 0.25) is 0 Å². The molecule has 1 saturated heterocycles. The molecule has 1 aromatic heterocycles. The van der Waals surface area contributed by atoms with Gasteiger partial charge in [-0.15, -0.1) is 0 Å². The number of aromatic nitrogens is 1. The molecule has 0 unspecified atom stereocenters. The maximum Gasteiger partial charge on any atom is 0.136 e. The fraction of sp³-hybridized carbons (Fsp3) is 0.438. The molecule has 0 amide bonds. The largest absolute Gasteiger partial charge is 0.369 e. The Morgan fingerprint density at radius 3 is 2.95 bits per heavy atom. The number of fused-ring (bicyclic) bond motifs is 1. The van der Waals surface area contributed by atoms with Gasteiger partial charge in [0.1, 0.15) is 11.6 Å². The fourth-order valence-electron chi connectivity index (χ4n) is 2.89. The fourth-order valence-corrected chi connectivity index (χ4v) is 2.89. The summed E-state index contributed by atoms with van der Waals surface area (Å²) in [5.41, 5.74) is 0. The Morgan fingerprint density at radius 2 is 2.10 bits per heavy atom. The van der Waals surface area contributed by atoms with Gasteiger partial charge >= 0.3 is 0 Å². The number of nitrogens with one attached hydrogen (secondary N) is 2. The monoisotopic (exact) mass is 273 g/mol. The van der Waals surface area contributed by atoms with E-state index in [0.717, 1.165) is 37.4 Å². The Kier molecular flexibility index (Phi) is 4.11. The minimum Gasteiger partial charge on any atom is -0.369 e. The van der Waals surface area contributed by atoms with Crippen molar-refractivity contribution in [3.8, 4) is 0 Å². The molecule has 1 aromatic carbocycles. The molecule has 0 saturated carbocycles. The van der Waals surface area contributed by atoms with E-state index in [1.54, 1.807) is 12.3 Å². The van der Waals surface area contributed by atoms with E-state index in [1.807, 2.05) is 12.1 Å². The van der Waals surface area contributed by atoms with Crippen LogP contribution in [0.1, 0.15) is 19.3 Å². The van der Waals surface area contributed by atoms with Crippen molar-refractivity contribution >= 4 is 16.6 Å². The minimum atomic E-state index is -0.208. The van der Waals surface area contributed by atoms with E-state index in [1.165, 1.54) is 18.9 Å². The zero-order valence-corrected chi connectivity index (χ0v) is 11.5. The first-order valence-corrected chi connectivity index (χ1v) is 7.32. The van der Waals surface area contributed by atoms with E-state index in [2.05, 4.69) is 15.6 Å². The highest BCUT2D eigenvalue weighted by Crippen LogP contribution is 2.24. The number of hydrogen-bond donors (Lipinski definition) is 2. The Bertz CT molecular complexity index is 574. The standard InChI is InChI=1S/C16H20FN3/c17-14-3-1-2-13-7-11-20-16(15(13)14)19-10-6-12-4-8-18-9-5-12/h1-3,7,11-12,18H,4-6,8-10H2,(H,19,20). The van der Waals surface area contributed by atoms with Crippen molar-refractivity contribution < 1.29 is 4.39 Å². The van der Waals surface area contributed by atoms with Gasteiger partial charge in [-0.05, 0) is 55.8 Å². The number of rotatable bonds is 4. The summed E-state index contributed by atoms with van der Waals surface area (Å²) in [6.07, 6.45) is 5.32. The Labute approximate surface area is 118 Å². The maximum atomic E-state index is 13.9. The lowest BCUT2D eigenvalue weighted by molar-refractivity contribution is 0.361. The summed E-state index contributed by atoms with van der Waals surface area (Å²) in [4.78, 5) is 4.29. The molecule has 1 aliphatic rings. The molecule has 2 aromatic rings. The number of nitrogens with zero attached hydrogens (tertiary/aromatic N) is 1. The van der Waals surface area contributed by atoms with Gasteiger partial charge in [0.15, 0.2) is 0 Å². The number of benzene rings is 1. The predicted octanol–water partition coefficient (Wildman–Crippen LogP) is 3.18. The molecule has 2 N–H and O–H groups in total. The number of piperidine rings is 1. The summed E-state index contributed by atoms with van der Waals surface area (Å²) in [6.45, 7) is 3.09. The van der Waals surface area contributed by atoms with Crippen molar-refractivity contribution in [2.24, 2.45) is 5.92 Å². The van der Waals surface area contributed by atoms with Gasteiger partial charge in [0, 0.05) is 12.7 Å². The van der Waals surface area contributed by atoms with Crippen LogP contribution in [-0.2, 0) is 0 Å². The van der Waals surface area contributed by atoms with Crippen LogP contribution in [0.4, 0.5) is 10.2 Å². The molecule has 4 heteroatoms. The smallest absolute Gasteiger partial charge is 0.136 e.